The standard InChI is InChI=1S/C16H24N2O3/c1-11(2)15(17)16(19)18-7-8-21-14(10-18)12-5-4-6-13(9-12)20-3/h4-6,9,11,14-15H,7-8,10,17H2,1-3H3/t14-,15-/m0/s1. The second-order valence-electron chi connectivity index (χ2n) is 5.69. The second kappa shape index (κ2) is 6.91. The Morgan fingerprint density at radius 1 is 1.48 bits per heavy atom. The molecule has 21 heavy (non-hydrogen) atoms. The smallest absolute Gasteiger partial charge is 0.239 e. The van der Waals surface area contributed by atoms with E-state index in [0.29, 0.717) is 19.7 Å². The molecule has 1 aromatic rings. The Labute approximate surface area is 126 Å². The molecular formula is C16H24N2O3. The quantitative estimate of drug-likeness (QED) is 0.915. The number of ether oxygens (including phenoxy) is 2. The van der Waals surface area contributed by atoms with Gasteiger partial charge < -0.3 is 20.1 Å². The van der Waals surface area contributed by atoms with E-state index in [2.05, 4.69) is 0 Å². The van der Waals surface area contributed by atoms with Crippen molar-refractivity contribution < 1.29 is 14.3 Å². The molecule has 5 heteroatoms. The first-order valence-corrected chi connectivity index (χ1v) is 7.33. The van der Waals surface area contributed by atoms with E-state index in [9.17, 15) is 4.79 Å². The lowest BCUT2D eigenvalue weighted by atomic mass is 10.0. The first-order chi connectivity index (χ1) is 10.0. The molecule has 0 aliphatic carbocycles. The van der Waals surface area contributed by atoms with Crippen LogP contribution in [0.4, 0.5) is 0 Å². The minimum Gasteiger partial charge on any atom is -0.497 e. The number of carbonyl (C=O) groups excluding carboxylic acids is 1. The second-order valence-corrected chi connectivity index (χ2v) is 5.69. The highest BCUT2D eigenvalue weighted by molar-refractivity contribution is 5.82. The molecule has 0 spiro atoms. The van der Waals surface area contributed by atoms with Crippen LogP contribution in [0.3, 0.4) is 0 Å². The monoisotopic (exact) mass is 292 g/mol. The van der Waals surface area contributed by atoms with E-state index in [-0.39, 0.29) is 17.9 Å². The topological polar surface area (TPSA) is 64.8 Å². The maximum absolute atomic E-state index is 12.4. The molecule has 0 unspecified atom stereocenters. The lowest BCUT2D eigenvalue weighted by Crippen LogP contribution is -2.51. The summed E-state index contributed by atoms with van der Waals surface area (Å²) >= 11 is 0. The van der Waals surface area contributed by atoms with Crippen molar-refractivity contribution >= 4 is 5.91 Å². The van der Waals surface area contributed by atoms with Crippen LogP contribution in [-0.2, 0) is 9.53 Å². The Hall–Kier alpha value is -1.59. The molecule has 1 fully saturated rings. The van der Waals surface area contributed by atoms with Gasteiger partial charge in [0.05, 0.1) is 26.3 Å². The van der Waals surface area contributed by atoms with Crippen molar-refractivity contribution in [3.63, 3.8) is 0 Å². The number of nitrogens with zero attached hydrogens (tertiary/aromatic N) is 1. The summed E-state index contributed by atoms with van der Waals surface area (Å²) in [5.41, 5.74) is 6.99. The van der Waals surface area contributed by atoms with Gasteiger partial charge in [0.25, 0.3) is 0 Å². The van der Waals surface area contributed by atoms with Gasteiger partial charge in [0.2, 0.25) is 5.91 Å². The normalized spacial score (nSPS) is 20.4. The molecule has 5 nitrogen and oxygen atoms in total. The van der Waals surface area contributed by atoms with Gasteiger partial charge in [-0.1, -0.05) is 26.0 Å². The molecule has 1 aliphatic rings. The summed E-state index contributed by atoms with van der Waals surface area (Å²) in [4.78, 5) is 14.2. The van der Waals surface area contributed by atoms with Gasteiger partial charge in [0, 0.05) is 6.54 Å². The Morgan fingerprint density at radius 2 is 2.24 bits per heavy atom. The van der Waals surface area contributed by atoms with Crippen LogP contribution in [-0.4, -0.2) is 43.7 Å². The molecule has 1 aromatic carbocycles. The van der Waals surface area contributed by atoms with E-state index in [0.717, 1.165) is 11.3 Å². The summed E-state index contributed by atoms with van der Waals surface area (Å²) in [6, 6.07) is 7.31. The average Bonchev–Trinajstić information content (AvgIpc) is 2.53. The Balaban J connectivity index is 2.08. The molecule has 2 atom stereocenters. The minimum atomic E-state index is -0.450. The number of amides is 1. The lowest BCUT2D eigenvalue weighted by molar-refractivity contribution is -0.141. The van der Waals surface area contributed by atoms with Gasteiger partial charge in [0.1, 0.15) is 11.9 Å². The largest absolute Gasteiger partial charge is 0.497 e. The van der Waals surface area contributed by atoms with Crippen molar-refractivity contribution in [2.24, 2.45) is 11.7 Å². The third-order valence-corrected chi connectivity index (χ3v) is 3.85. The zero-order chi connectivity index (χ0) is 15.4. The average molecular weight is 292 g/mol. The highest BCUT2D eigenvalue weighted by Crippen LogP contribution is 2.25. The van der Waals surface area contributed by atoms with Crippen molar-refractivity contribution in [2.75, 3.05) is 26.8 Å². The third kappa shape index (κ3) is 3.74. The molecule has 1 saturated heterocycles. The van der Waals surface area contributed by atoms with Gasteiger partial charge >= 0.3 is 0 Å². The molecule has 0 saturated carbocycles. The predicted octanol–water partition coefficient (Wildman–Crippen LogP) is 1.58. The van der Waals surface area contributed by atoms with Crippen molar-refractivity contribution in [1.29, 1.82) is 0 Å². The van der Waals surface area contributed by atoms with E-state index in [1.165, 1.54) is 0 Å². The lowest BCUT2D eigenvalue weighted by Gasteiger charge is -2.35. The van der Waals surface area contributed by atoms with Gasteiger partial charge in [0.15, 0.2) is 0 Å². The van der Waals surface area contributed by atoms with Crippen molar-refractivity contribution in [3.8, 4) is 5.75 Å². The van der Waals surface area contributed by atoms with Crippen molar-refractivity contribution in [2.45, 2.75) is 26.0 Å². The zero-order valence-electron chi connectivity index (χ0n) is 12.9. The van der Waals surface area contributed by atoms with E-state index in [1.54, 1.807) is 12.0 Å². The number of rotatable bonds is 4. The molecule has 1 heterocycles. The fourth-order valence-corrected chi connectivity index (χ4v) is 2.39. The highest BCUT2D eigenvalue weighted by atomic mass is 16.5. The molecule has 0 radical (unpaired) electrons. The Kier molecular flexibility index (Phi) is 5.20. The van der Waals surface area contributed by atoms with Crippen molar-refractivity contribution in [1.82, 2.24) is 4.90 Å². The number of benzene rings is 1. The fraction of sp³-hybridized carbons (Fsp3) is 0.562. The minimum absolute atomic E-state index is 0.00111. The van der Waals surface area contributed by atoms with Crippen LogP contribution in [0.1, 0.15) is 25.5 Å². The van der Waals surface area contributed by atoms with Crippen LogP contribution in [0.25, 0.3) is 0 Å². The zero-order valence-corrected chi connectivity index (χ0v) is 12.9. The van der Waals surface area contributed by atoms with Crippen LogP contribution in [0.2, 0.25) is 0 Å². The number of hydrogen-bond acceptors (Lipinski definition) is 4. The molecule has 116 valence electrons. The summed E-state index contributed by atoms with van der Waals surface area (Å²) in [7, 11) is 1.64. The molecule has 0 bridgehead atoms. The van der Waals surface area contributed by atoms with Crippen LogP contribution >= 0.6 is 0 Å². The molecule has 1 aliphatic heterocycles. The van der Waals surface area contributed by atoms with Gasteiger partial charge in [-0.15, -0.1) is 0 Å². The Bertz CT molecular complexity index is 490. The molecule has 0 aromatic heterocycles. The summed E-state index contributed by atoms with van der Waals surface area (Å²) in [5, 5.41) is 0. The first kappa shape index (κ1) is 15.8. The molecule has 2 N–H and O–H groups in total. The number of carbonyl (C=O) groups is 1. The van der Waals surface area contributed by atoms with Crippen LogP contribution < -0.4 is 10.5 Å². The van der Waals surface area contributed by atoms with Gasteiger partial charge in [-0.25, -0.2) is 0 Å². The number of morpholine rings is 1. The summed E-state index contributed by atoms with van der Waals surface area (Å²) in [6.45, 7) is 5.58. The predicted molar refractivity (Wildman–Crippen MR) is 81.1 cm³/mol. The van der Waals surface area contributed by atoms with Crippen LogP contribution in [0.15, 0.2) is 24.3 Å². The van der Waals surface area contributed by atoms with Crippen LogP contribution in [0, 0.1) is 5.92 Å². The van der Waals surface area contributed by atoms with Gasteiger partial charge in [-0.3, -0.25) is 4.79 Å². The fourth-order valence-electron chi connectivity index (χ4n) is 2.39. The van der Waals surface area contributed by atoms with Gasteiger partial charge in [-0.2, -0.15) is 0 Å². The van der Waals surface area contributed by atoms with Crippen LogP contribution in [0.5, 0.6) is 5.75 Å². The van der Waals surface area contributed by atoms with E-state index < -0.39 is 6.04 Å². The number of nitrogens with two attached hydrogens (primary N) is 1. The highest BCUT2D eigenvalue weighted by Gasteiger charge is 2.29. The summed E-state index contributed by atoms with van der Waals surface area (Å²) in [5.74, 6) is 0.926. The third-order valence-electron chi connectivity index (χ3n) is 3.85. The Morgan fingerprint density at radius 3 is 2.90 bits per heavy atom. The molecular weight excluding hydrogens is 268 g/mol. The van der Waals surface area contributed by atoms with Crippen molar-refractivity contribution in [3.05, 3.63) is 29.8 Å². The maximum Gasteiger partial charge on any atom is 0.239 e. The van der Waals surface area contributed by atoms with E-state index in [4.69, 9.17) is 15.2 Å². The van der Waals surface area contributed by atoms with E-state index in [1.807, 2.05) is 38.1 Å². The summed E-state index contributed by atoms with van der Waals surface area (Å²) < 4.78 is 11.0. The molecule has 1 amide bonds. The number of methoxy groups -OCH3 is 1. The SMILES string of the molecule is COc1cccc([C@@H]2CN(C(=O)[C@@H](N)C(C)C)CCO2)c1. The first-order valence-electron chi connectivity index (χ1n) is 7.33. The van der Waals surface area contributed by atoms with Gasteiger partial charge in [-0.05, 0) is 23.6 Å². The molecule has 2 rings (SSSR count). The summed E-state index contributed by atoms with van der Waals surface area (Å²) in [6.07, 6.45) is -0.128. The van der Waals surface area contributed by atoms with E-state index >= 15 is 0 Å². The maximum atomic E-state index is 12.4. The number of hydrogen-bond donors (Lipinski definition) is 1.